The van der Waals surface area contributed by atoms with Crippen molar-refractivity contribution in [3.8, 4) is 0 Å². The normalized spacial score (nSPS) is 37.5. The smallest absolute Gasteiger partial charge is 0.0215 e. The minimum atomic E-state index is 0.676. The Balaban J connectivity index is 1.93. The average Bonchev–Trinajstić information content (AvgIpc) is 2.61. The van der Waals surface area contributed by atoms with E-state index in [0.717, 1.165) is 11.3 Å². The van der Waals surface area contributed by atoms with Crippen molar-refractivity contribution in [2.75, 3.05) is 25.4 Å². The zero-order valence-electron chi connectivity index (χ0n) is 10.7. The van der Waals surface area contributed by atoms with Crippen molar-refractivity contribution in [2.45, 2.75) is 56.9 Å². The van der Waals surface area contributed by atoms with Gasteiger partial charge in [0, 0.05) is 23.9 Å². The second-order valence-electron chi connectivity index (χ2n) is 5.20. The molecule has 1 aliphatic carbocycles. The molecular formula is C13H26N2S. The molecular weight excluding hydrogens is 216 g/mol. The zero-order valence-corrected chi connectivity index (χ0v) is 11.6. The number of hydrogen-bond donors (Lipinski definition) is 1. The van der Waals surface area contributed by atoms with Crippen LogP contribution in [0.4, 0.5) is 0 Å². The van der Waals surface area contributed by atoms with Crippen molar-refractivity contribution in [2.24, 2.45) is 0 Å². The number of thioether (sulfide) groups is 1. The van der Waals surface area contributed by atoms with Crippen molar-refractivity contribution in [1.82, 2.24) is 10.2 Å². The van der Waals surface area contributed by atoms with E-state index < -0.39 is 0 Å². The third kappa shape index (κ3) is 3.14. The van der Waals surface area contributed by atoms with Crippen LogP contribution in [0.1, 0.15) is 39.5 Å². The van der Waals surface area contributed by atoms with E-state index in [0.29, 0.717) is 6.04 Å². The molecule has 0 spiro atoms. The monoisotopic (exact) mass is 242 g/mol. The van der Waals surface area contributed by atoms with E-state index >= 15 is 0 Å². The van der Waals surface area contributed by atoms with Crippen LogP contribution in [-0.4, -0.2) is 47.6 Å². The first kappa shape index (κ1) is 12.7. The second kappa shape index (κ2) is 6.27. The minimum Gasteiger partial charge on any atom is -0.313 e. The lowest BCUT2D eigenvalue weighted by Gasteiger charge is -2.32. The van der Waals surface area contributed by atoms with Crippen LogP contribution >= 0.6 is 11.8 Å². The highest BCUT2D eigenvalue weighted by molar-refractivity contribution is 7.99. The number of rotatable bonds is 3. The Morgan fingerprint density at radius 3 is 3.00 bits per heavy atom. The summed E-state index contributed by atoms with van der Waals surface area (Å²) >= 11 is 2.19. The molecule has 1 saturated heterocycles. The second-order valence-corrected chi connectivity index (χ2v) is 6.71. The summed E-state index contributed by atoms with van der Waals surface area (Å²) in [6.07, 6.45) is 5.65. The van der Waals surface area contributed by atoms with Gasteiger partial charge in [-0.15, -0.1) is 0 Å². The van der Waals surface area contributed by atoms with Gasteiger partial charge in [0.15, 0.2) is 0 Å². The summed E-state index contributed by atoms with van der Waals surface area (Å²) in [6, 6.07) is 1.54. The van der Waals surface area contributed by atoms with Gasteiger partial charge in [-0.25, -0.2) is 0 Å². The standard InChI is InChI=1S/C13H26N2S/c1-3-16-13-7-4-6-12(13)15-9-5-8-14-11(2)10-15/h11-14H,3-10H2,1-2H3. The molecule has 0 bridgehead atoms. The summed E-state index contributed by atoms with van der Waals surface area (Å²) in [4.78, 5) is 2.77. The van der Waals surface area contributed by atoms with Gasteiger partial charge in [0.05, 0.1) is 0 Å². The zero-order chi connectivity index (χ0) is 11.4. The van der Waals surface area contributed by atoms with Crippen molar-refractivity contribution < 1.29 is 0 Å². The summed E-state index contributed by atoms with van der Waals surface area (Å²) in [6.45, 7) is 8.39. The van der Waals surface area contributed by atoms with Crippen molar-refractivity contribution in [1.29, 1.82) is 0 Å². The molecule has 0 aromatic carbocycles. The van der Waals surface area contributed by atoms with Crippen LogP contribution in [0.15, 0.2) is 0 Å². The van der Waals surface area contributed by atoms with Gasteiger partial charge >= 0.3 is 0 Å². The maximum atomic E-state index is 3.60. The molecule has 1 N–H and O–H groups in total. The Morgan fingerprint density at radius 1 is 1.31 bits per heavy atom. The van der Waals surface area contributed by atoms with Gasteiger partial charge < -0.3 is 5.32 Å². The molecule has 1 aliphatic heterocycles. The average molecular weight is 242 g/mol. The molecule has 1 heterocycles. The van der Waals surface area contributed by atoms with Crippen LogP contribution in [0.25, 0.3) is 0 Å². The lowest BCUT2D eigenvalue weighted by molar-refractivity contribution is 0.202. The number of hydrogen-bond acceptors (Lipinski definition) is 3. The van der Waals surface area contributed by atoms with E-state index in [2.05, 4.69) is 35.8 Å². The molecule has 3 unspecified atom stereocenters. The largest absolute Gasteiger partial charge is 0.313 e. The topological polar surface area (TPSA) is 15.3 Å². The van der Waals surface area contributed by atoms with Gasteiger partial charge in [0.2, 0.25) is 0 Å². The summed E-state index contributed by atoms with van der Waals surface area (Å²) in [5.74, 6) is 1.28. The minimum absolute atomic E-state index is 0.676. The number of nitrogens with zero attached hydrogens (tertiary/aromatic N) is 1. The molecule has 2 nitrogen and oxygen atoms in total. The fourth-order valence-electron chi connectivity index (χ4n) is 3.17. The molecule has 0 aromatic heterocycles. The Labute approximate surface area is 105 Å². The lowest BCUT2D eigenvalue weighted by Crippen LogP contribution is -2.44. The molecule has 3 heteroatoms. The van der Waals surface area contributed by atoms with E-state index in [-0.39, 0.29) is 0 Å². The Morgan fingerprint density at radius 2 is 2.19 bits per heavy atom. The number of nitrogens with one attached hydrogen (secondary N) is 1. The van der Waals surface area contributed by atoms with Gasteiger partial charge in [-0.1, -0.05) is 13.3 Å². The molecule has 2 fully saturated rings. The SMILES string of the molecule is CCSC1CCCC1N1CCCNC(C)C1. The van der Waals surface area contributed by atoms with Gasteiger partial charge in [0.25, 0.3) is 0 Å². The third-order valence-corrected chi connectivity index (χ3v) is 5.20. The maximum Gasteiger partial charge on any atom is 0.0215 e. The van der Waals surface area contributed by atoms with E-state index in [9.17, 15) is 0 Å². The van der Waals surface area contributed by atoms with E-state index in [1.165, 1.54) is 51.1 Å². The third-order valence-electron chi connectivity index (χ3n) is 3.89. The van der Waals surface area contributed by atoms with Crippen LogP contribution in [0, 0.1) is 0 Å². The van der Waals surface area contributed by atoms with Crippen LogP contribution < -0.4 is 5.32 Å². The van der Waals surface area contributed by atoms with Crippen LogP contribution in [0.5, 0.6) is 0 Å². The maximum absolute atomic E-state index is 3.60. The highest BCUT2D eigenvalue weighted by Crippen LogP contribution is 2.33. The molecule has 0 amide bonds. The molecule has 3 atom stereocenters. The first-order chi connectivity index (χ1) is 7.81. The summed E-state index contributed by atoms with van der Waals surface area (Å²) in [5, 5.41) is 4.51. The van der Waals surface area contributed by atoms with E-state index in [4.69, 9.17) is 0 Å². The van der Waals surface area contributed by atoms with Crippen LogP contribution in [0.2, 0.25) is 0 Å². The Kier molecular flexibility index (Phi) is 4.98. The first-order valence-corrected chi connectivity index (χ1v) is 7.95. The summed E-state index contributed by atoms with van der Waals surface area (Å²) in [7, 11) is 0. The molecule has 16 heavy (non-hydrogen) atoms. The molecule has 0 aromatic rings. The Hall–Kier alpha value is 0.270. The summed E-state index contributed by atoms with van der Waals surface area (Å²) < 4.78 is 0. The van der Waals surface area contributed by atoms with Gasteiger partial charge in [-0.05, 0) is 45.0 Å². The molecule has 2 aliphatic rings. The van der Waals surface area contributed by atoms with Crippen LogP contribution in [0.3, 0.4) is 0 Å². The van der Waals surface area contributed by atoms with Crippen molar-refractivity contribution in [3.63, 3.8) is 0 Å². The molecule has 94 valence electrons. The first-order valence-electron chi connectivity index (χ1n) is 6.90. The molecule has 2 rings (SSSR count). The Bertz CT molecular complexity index is 210. The highest BCUT2D eigenvalue weighted by atomic mass is 32.2. The predicted octanol–water partition coefficient (Wildman–Crippen LogP) is 2.34. The highest BCUT2D eigenvalue weighted by Gasteiger charge is 2.32. The van der Waals surface area contributed by atoms with Gasteiger partial charge in [-0.2, -0.15) is 11.8 Å². The fraction of sp³-hybridized carbons (Fsp3) is 1.00. The van der Waals surface area contributed by atoms with Crippen molar-refractivity contribution >= 4 is 11.8 Å². The molecule has 1 saturated carbocycles. The van der Waals surface area contributed by atoms with E-state index in [1.807, 2.05) is 0 Å². The van der Waals surface area contributed by atoms with Gasteiger partial charge in [-0.3, -0.25) is 4.90 Å². The predicted molar refractivity (Wildman–Crippen MR) is 73.2 cm³/mol. The quantitative estimate of drug-likeness (QED) is 0.818. The summed E-state index contributed by atoms with van der Waals surface area (Å²) in [5.41, 5.74) is 0. The lowest BCUT2D eigenvalue weighted by atomic mass is 10.2. The fourth-order valence-corrected chi connectivity index (χ4v) is 4.46. The molecule has 0 radical (unpaired) electrons. The van der Waals surface area contributed by atoms with Crippen LogP contribution in [-0.2, 0) is 0 Å². The van der Waals surface area contributed by atoms with Gasteiger partial charge in [0.1, 0.15) is 0 Å². The van der Waals surface area contributed by atoms with Crippen molar-refractivity contribution in [3.05, 3.63) is 0 Å². The van der Waals surface area contributed by atoms with E-state index in [1.54, 1.807) is 0 Å².